The van der Waals surface area contributed by atoms with Crippen molar-refractivity contribution >= 4 is 6.34 Å². The molecule has 0 aromatic heterocycles. The summed E-state index contributed by atoms with van der Waals surface area (Å²) in [4.78, 5) is 6.36. The van der Waals surface area contributed by atoms with Crippen LogP contribution in [0.3, 0.4) is 0 Å². The highest BCUT2D eigenvalue weighted by molar-refractivity contribution is 5.61. The predicted molar refractivity (Wildman–Crippen MR) is 74.6 cm³/mol. The molecule has 4 heteroatoms. The van der Waals surface area contributed by atoms with Crippen LogP contribution in [0.5, 0.6) is 0 Å². The summed E-state index contributed by atoms with van der Waals surface area (Å²) < 4.78 is 0. The second kappa shape index (κ2) is 5.15. The fraction of sp³-hybridized carbons (Fsp3) is 0.333. The van der Waals surface area contributed by atoms with E-state index in [4.69, 9.17) is 0 Å². The van der Waals surface area contributed by atoms with E-state index in [2.05, 4.69) is 45.5 Å². The molecule has 0 saturated carbocycles. The molecule has 0 unspecified atom stereocenters. The van der Waals surface area contributed by atoms with Gasteiger partial charge < -0.3 is 10.2 Å². The quantitative estimate of drug-likeness (QED) is 0.823. The number of nitrogens with one attached hydrogen (secondary N) is 1. The van der Waals surface area contributed by atoms with Gasteiger partial charge in [0.15, 0.2) is 0 Å². The lowest BCUT2D eigenvalue weighted by molar-refractivity contribution is 0.344. The minimum Gasteiger partial charge on any atom is -0.357 e. The van der Waals surface area contributed by atoms with Gasteiger partial charge >= 0.3 is 0 Å². The van der Waals surface area contributed by atoms with Gasteiger partial charge in [-0.2, -0.15) is 5.26 Å². The molecule has 0 saturated heterocycles. The SMILES string of the molecule is N#CC1=C(N2CCc3ccccc3CC2)NC=NC1. The van der Waals surface area contributed by atoms with E-state index in [0.29, 0.717) is 6.54 Å². The van der Waals surface area contributed by atoms with Crippen molar-refractivity contribution in [1.29, 1.82) is 5.26 Å². The van der Waals surface area contributed by atoms with Crippen molar-refractivity contribution in [2.75, 3.05) is 19.6 Å². The Bertz CT molecular complexity index is 553. The van der Waals surface area contributed by atoms with E-state index in [9.17, 15) is 5.26 Å². The molecule has 0 atom stereocenters. The fourth-order valence-electron chi connectivity index (χ4n) is 2.67. The van der Waals surface area contributed by atoms with Crippen LogP contribution in [0.4, 0.5) is 0 Å². The summed E-state index contributed by atoms with van der Waals surface area (Å²) in [6.45, 7) is 2.37. The summed E-state index contributed by atoms with van der Waals surface area (Å²) in [5, 5.41) is 12.3. The lowest BCUT2D eigenvalue weighted by Gasteiger charge is -2.27. The van der Waals surface area contributed by atoms with Gasteiger partial charge in [0.2, 0.25) is 0 Å². The fourth-order valence-corrected chi connectivity index (χ4v) is 2.67. The summed E-state index contributed by atoms with van der Waals surface area (Å²) >= 11 is 0. The molecule has 1 aromatic carbocycles. The van der Waals surface area contributed by atoms with Crippen LogP contribution in [0.1, 0.15) is 11.1 Å². The number of aliphatic imine (C=N–C) groups is 1. The van der Waals surface area contributed by atoms with Crippen molar-refractivity contribution in [3.05, 3.63) is 46.8 Å². The zero-order chi connectivity index (χ0) is 13.1. The smallest absolute Gasteiger partial charge is 0.122 e. The summed E-state index contributed by atoms with van der Waals surface area (Å²) in [5.41, 5.74) is 3.58. The first-order valence-electron chi connectivity index (χ1n) is 6.58. The summed E-state index contributed by atoms with van der Waals surface area (Å²) in [5.74, 6) is 0.935. The Balaban J connectivity index is 1.82. The molecule has 2 aliphatic heterocycles. The molecule has 2 aliphatic rings. The predicted octanol–water partition coefficient (Wildman–Crippen LogP) is 1.45. The highest BCUT2D eigenvalue weighted by Gasteiger charge is 2.19. The molecule has 0 amide bonds. The van der Waals surface area contributed by atoms with E-state index in [1.165, 1.54) is 11.1 Å². The van der Waals surface area contributed by atoms with Gasteiger partial charge in [0.1, 0.15) is 11.9 Å². The third-order valence-electron chi connectivity index (χ3n) is 3.70. The Kier molecular flexibility index (Phi) is 3.20. The van der Waals surface area contributed by atoms with Gasteiger partial charge in [-0.05, 0) is 24.0 Å². The van der Waals surface area contributed by atoms with Gasteiger partial charge in [-0.15, -0.1) is 0 Å². The molecule has 0 spiro atoms. The topological polar surface area (TPSA) is 51.4 Å². The van der Waals surface area contributed by atoms with Crippen LogP contribution >= 0.6 is 0 Å². The van der Waals surface area contributed by atoms with Crippen LogP contribution in [0.25, 0.3) is 0 Å². The van der Waals surface area contributed by atoms with Crippen molar-refractivity contribution in [2.45, 2.75) is 12.8 Å². The van der Waals surface area contributed by atoms with Crippen LogP contribution in [0.15, 0.2) is 40.7 Å². The number of hydrogen-bond acceptors (Lipinski definition) is 4. The third-order valence-corrected chi connectivity index (χ3v) is 3.70. The van der Waals surface area contributed by atoms with E-state index in [0.717, 1.165) is 37.3 Å². The summed E-state index contributed by atoms with van der Waals surface area (Å²) in [7, 11) is 0. The van der Waals surface area contributed by atoms with Crippen LogP contribution in [0, 0.1) is 11.3 Å². The first-order valence-corrected chi connectivity index (χ1v) is 6.58. The van der Waals surface area contributed by atoms with Gasteiger partial charge in [0, 0.05) is 13.1 Å². The maximum absolute atomic E-state index is 9.19. The highest BCUT2D eigenvalue weighted by Crippen LogP contribution is 2.19. The Morgan fingerprint density at radius 1 is 1.16 bits per heavy atom. The maximum atomic E-state index is 9.19. The van der Waals surface area contributed by atoms with E-state index < -0.39 is 0 Å². The molecule has 96 valence electrons. The van der Waals surface area contributed by atoms with Crippen LogP contribution in [-0.4, -0.2) is 30.9 Å². The largest absolute Gasteiger partial charge is 0.357 e. The first-order chi connectivity index (χ1) is 9.38. The standard InChI is InChI=1S/C15H16N4/c16-9-14-10-17-11-18-15(14)19-7-5-12-3-1-2-4-13(12)6-8-19/h1-4,11H,5-8,10H2,(H,17,18). The lowest BCUT2D eigenvalue weighted by Crippen LogP contribution is -2.36. The molecular weight excluding hydrogens is 236 g/mol. The van der Waals surface area contributed by atoms with Crippen LogP contribution in [0.2, 0.25) is 0 Å². The molecule has 0 radical (unpaired) electrons. The van der Waals surface area contributed by atoms with E-state index in [1.807, 2.05) is 0 Å². The van der Waals surface area contributed by atoms with Crippen molar-refractivity contribution in [3.8, 4) is 6.07 Å². The lowest BCUT2D eigenvalue weighted by atomic mass is 10.0. The normalized spacial score (nSPS) is 18.4. The van der Waals surface area contributed by atoms with Crippen LogP contribution < -0.4 is 5.32 Å². The molecule has 1 aromatic rings. The zero-order valence-electron chi connectivity index (χ0n) is 10.8. The van der Waals surface area contributed by atoms with E-state index in [1.54, 1.807) is 6.34 Å². The number of nitriles is 1. The monoisotopic (exact) mass is 252 g/mol. The molecule has 0 bridgehead atoms. The molecule has 4 nitrogen and oxygen atoms in total. The van der Waals surface area contributed by atoms with Crippen molar-refractivity contribution in [3.63, 3.8) is 0 Å². The Morgan fingerprint density at radius 2 is 1.84 bits per heavy atom. The molecule has 0 fully saturated rings. The van der Waals surface area contributed by atoms with E-state index >= 15 is 0 Å². The second-order valence-electron chi connectivity index (χ2n) is 4.81. The molecule has 19 heavy (non-hydrogen) atoms. The van der Waals surface area contributed by atoms with E-state index in [-0.39, 0.29) is 0 Å². The molecule has 1 N–H and O–H groups in total. The zero-order valence-corrected chi connectivity index (χ0v) is 10.8. The summed E-state index contributed by atoms with van der Waals surface area (Å²) in [6, 6.07) is 10.9. The third kappa shape index (κ3) is 2.32. The summed E-state index contributed by atoms with van der Waals surface area (Å²) in [6.07, 6.45) is 3.74. The average Bonchev–Trinajstić information content (AvgIpc) is 2.70. The Labute approximate surface area is 113 Å². The first kappa shape index (κ1) is 11.8. The molecule has 3 rings (SSSR count). The molecule has 0 aliphatic carbocycles. The maximum Gasteiger partial charge on any atom is 0.122 e. The number of rotatable bonds is 1. The minimum absolute atomic E-state index is 0.488. The van der Waals surface area contributed by atoms with Crippen molar-refractivity contribution in [2.24, 2.45) is 4.99 Å². The van der Waals surface area contributed by atoms with Crippen molar-refractivity contribution in [1.82, 2.24) is 10.2 Å². The number of nitrogens with zero attached hydrogens (tertiary/aromatic N) is 3. The van der Waals surface area contributed by atoms with Gasteiger partial charge in [0.05, 0.1) is 18.5 Å². The van der Waals surface area contributed by atoms with Crippen molar-refractivity contribution < 1.29 is 0 Å². The number of benzene rings is 1. The Morgan fingerprint density at radius 3 is 2.47 bits per heavy atom. The van der Waals surface area contributed by atoms with Gasteiger partial charge in [-0.3, -0.25) is 4.99 Å². The minimum atomic E-state index is 0.488. The number of hydrogen-bond donors (Lipinski definition) is 1. The molecular formula is C15H16N4. The Hall–Kier alpha value is -2.28. The highest BCUT2D eigenvalue weighted by atomic mass is 15.3. The average molecular weight is 252 g/mol. The van der Waals surface area contributed by atoms with Gasteiger partial charge in [-0.25, -0.2) is 0 Å². The van der Waals surface area contributed by atoms with Gasteiger partial charge in [0.25, 0.3) is 0 Å². The van der Waals surface area contributed by atoms with Gasteiger partial charge in [-0.1, -0.05) is 24.3 Å². The second-order valence-corrected chi connectivity index (χ2v) is 4.81. The molecule has 2 heterocycles. The number of fused-ring (bicyclic) bond motifs is 1. The van der Waals surface area contributed by atoms with Crippen LogP contribution in [-0.2, 0) is 12.8 Å².